The Bertz CT molecular complexity index is 395. The molecule has 0 aromatic heterocycles. The molecule has 100 valence electrons. The molecule has 0 aliphatic rings. The van der Waals surface area contributed by atoms with Crippen molar-refractivity contribution in [2.45, 2.75) is 39.7 Å². The predicted octanol–water partition coefficient (Wildman–Crippen LogP) is 3.54. The van der Waals surface area contributed by atoms with Crippen LogP contribution in [0.3, 0.4) is 0 Å². The highest BCUT2D eigenvalue weighted by molar-refractivity contribution is 9.10. The van der Waals surface area contributed by atoms with Gasteiger partial charge >= 0.3 is 0 Å². The second-order valence-electron chi connectivity index (χ2n) is 5.78. The van der Waals surface area contributed by atoms with Crippen molar-refractivity contribution in [2.24, 2.45) is 11.1 Å². The van der Waals surface area contributed by atoms with E-state index in [2.05, 4.69) is 42.0 Å². The second-order valence-corrected chi connectivity index (χ2v) is 6.70. The largest absolute Gasteiger partial charge is 0.327 e. The van der Waals surface area contributed by atoms with Crippen molar-refractivity contribution in [1.29, 1.82) is 0 Å². The zero-order chi connectivity index (χ0) is 13.8. The highest BCUT2D eigenvalue weighted by Crippen LogP contribution is 2.21. The highest BCUT2D eigenvalue weighted by atomic mass is 79.9. The topological polar surface area (TPSA) is 55.1 Å². The van der Waals surface area contributed by atoms with Crippen LogP contribution in [-0.2, 0) is 4.79 Å². The Balaban J connectivity index is 2.44. The lowest BCUT2D eigenvalue weighted by Crippen LogP contribution is -2.31. The van der Waals surface area contributed by atoms with E-state index < -0.39 is 0 Å². The van der Waals surface area contributed by atoms with Crippen molar-refractivity contribution in [1.82, 2.24) is 0 Å². The van der Waals surface area contributed by atoms with E-state index in [0.717, 1.165) is 16.6 Å². The van der Waals surface area contributed by atoms with Gasteiger partial charge in [-0.2, -0.15) is 0 Å². The average Bonchev–Trinajstić information content (AvgIpc) is 2.18. The van der Waals surface area contributed by atoms with Crippen molar-refractivity contribution in [3.63, 3.8) is 0 Å². The number of hydrogen-bond donors (Lipinski definition) is 2. The minimum Gasteiger partial charge on any atom is -0.327 e. The monoisotopic (exact) mass is 312 g/mol. The van der Waals surface area contributed by atoms with Crippen LogP contribution in [0.5, 0.6) is 0 Å². The minimum absolute atomic E-state index is 0.0333. The van der Waals surface area contributed by atoms with Crippen molar-refractivity contribution in [2.75, 3.05) is 5.32 Å². The van der Waals surface area contributed by atoms with E-state index in [1.54, 1.807) is 0 Å². The van der Waals surface area contributed by atoms with Crippen molar-refractivity contribution < 1.29 is 4.79 Å². The molecule has 0 radical (unpaired) electrons. The Morgan fingerprint density at radius 3 is 2.39 bits per heavy atom. The van der Waals surface area contributed by atoms with Gasteiger partial charge in [0.05, 0.1) is 0 Å². The van der Waals surface area contributed by atoms with Crippen LogP contribution in [0.25, 0.3) is 0 Å². The molecule has 18 heavy (non-hydrogen) atoms. The molecule has 0 fully saturated rings. The van der Waals surface area contributed by atoms with Crippen LogP contribution >= 0.6 is 15.9 Å². The predicted molar refractivity (Wildman–Crippen MR) is 79.4 cm³/mol. The average molecular weight is 313 g/mol. The first-order chi connectivity index (χ1) is 8.26. The quantitative estimate of drug-likeness (QED) is 0.893. The van der Waals surface area contributed by atoms with Gasteiger partial charge in [-0.3, -0.25) is 4.79 Å². The molecule has 1 unspecified atom stereocenters. The summed E-state index contributed by atoms with van der Waals surface area (Å²) in [5, 5.41) is 2.85. The summed E-state index contributed by atoms with van der Waals surface area (Å²) in [5.41, 5.74) is 6.92. The van der Waals surface area contributed by atoms with Gasteiger partial charge in [-0.25, -0.2) is 0 Å². The molecule has 1 atom stereocenters. The number of carbonyl (C=O) groups is 1. The fraction of sp³-hybridized carbons (Fsp3) is 0.500. The Morgan fingerprint density at radius 1 is 1.33 bits per heavy atom. The number of nitrogens with one attached hydrogen (secondary N) is 1. The summed E-state index contributed by atoms with van der Waals surface area (Å²) in [5.74, 6) is -0.0333. The van der Waals surface area contributed by atoms with Gasteiger partial charge < -0.3 is 11.1 Å². The van der Waals surface area contributed by atoms with Crippen LogP contribution < -0.4 is 11.1 Å². The second kappa shape index (κ2) is 6.34. The first-order valence-electron chi connectivity index (χ1n) is 6.07. The van der Waals surface area contributed by atoms with E-state index in [0.29, 0.717) is 6.42 Å². The van der Waals surface area contributed by atoms with Crippen LogP contribution in [0.1, 0.15) is 33.6 Å². The zero-order valence-electron chi connectivity index (χ0n) is 11.2. The molecule has 1 aromatic carbocycles. The van der Waals surface area contributed by atoms with Gasteiger partial charge in [-0.15, -0.1) is 0 Å². The zero-order valence-corrected chi connectivity index (χ0v) is 12.8. The van der Waals surface area contributed by atoms with E-state index in [1.165, 1.54) is 0 Å². The molecular formula is C14H21BrN2O. The van der Waals surface area contributed by atoms with Gasteiger partial charge in [-0.1, -0.05) is 36.7 Å². The molecule has 0 aliphatic carbocycles. The smallest absolute Gasteiger partial charge is 0.225 e. The maximum Gasteiger partial charge on any atom is 0.225 e. The van der Waals surface area contributed by atoms with E-state index in [1.807, 2.05) is 24.3 Å². The van der Waals surface area contributed by atoms with Crippen LogP contribution in [0.4, 0.5) is 5.69 Å². The molecule has 1 amide bonds. The summed E-state index contributed by atoms with van der Waals surface area (Å²) in [6.07, 6.45) is 1.19. The van der Waals surface area contributed by atoms with Gasteiger partial charge in [0, 0.05) is 22.6 Å². The Kier molecular flexibility index (Phi) is 5.35. The van der Waals surface area contributed by atoms with Gasteiger partial charge in [0.2, 0.25) is 5.91 Å². The lowest BCUT2D eigenvalue weighted by molar-refractivity contribution is -0.116. The lowest BCUT2D eigenvalue weighted by Gasteiger charge is -2.22. The summed E-state index contributed by atoms with van der Waals surface area (Å²) in [7, 11) is 0. The van der Waals surface area contributed by atoms with Gasteiger partial charge in [-0.05, 0) is 36.1 Å². The molecule has 0 heterocycles. The van der Waals surface area contributed by atoms with Crippen LogP contribution in [-0.4, -0.2) is 11.9 Å². The first-order valence-corrected chi connectivity index (χ1v) is 6.86. The summed E-state index contributed by atoms with van der Waals surface area (Å²) < 4.78 is 0.991. The standard InChI is InChI=1S/C14H21BrN2O/c1-14(2,3)9-11(16)8-13(18)17-12-6-4-10(15)5-7-12/h4-7,11H,8-9,16H2,1-3H3,(H,17,18). The Morgan fingerprint density at radius 2 is 1.89 bits per heavy atom. The number of carbonyl (C=O) groups excluding carboxylic acids is 1. The fourth-order valence-corrected chi connectivity index (χ4v) is 2.11. The van der Waals surface area contributed by atoms with Gasteiger partial charge in [0.25, 0.3) is 0 Å². The molecule has 4 heteroatoms. The fourth-order valence-electron chi connectivity index (χ4n) is 1.84. The number of benzene rings is 1. The number of amides is 1. The number of halogens is 1. The first kappa shape index (κ1) is 15.2. The molecule has 0 bridgehead atoms. The normalized spacial score (nSPS) is 13.2. The molecule has 0 saturated carbocycles. The third-order valence-corrected chi connectivity index (χ3v) is 2.98. The summed E-state index contributed by atoms with van der Waals surface area (Å²) >= 11 is 3.35. The van der Waals surface area contributed by atoms with Crippen molar-refractivity contribution >= 4 is 27.5 Å². The maximum absolute atomic E-state index is 11.8. The molecule has 0 saturated heterocycles. The molecule has 0 spiro atoms. The van der Waals surface area contributed by atoms with Crippen LogP contribution in [0.15, 0.2) is 28.7 Å². The Hall–Kier alpha value is -0.870. The molecule has 1 aromatic rings. The number of anilines is 1. The SMILES string of the molecule is CC(C)(C)CC(N)CC(=O)Nc1ccc(Br)cc1. The number of nitrogens with two attached hydrogens (primary N) is 1. The lowest BCUT2D eigenvalue weighted by atomic mass is 9.87. The highest BCUT2D eigenvalue weighted by Gasteiger charge is 2.18. The van der Waals surface area contributed by atoms with Gasteiger partial charge in [0.15, 0.2) is 0 Å². The molecular weight excluding hydrogens is 292 g/mol. The van der Waals surface area contributed by atoms with Gasteiger partial charge in [0.1, 0.15) is 0 Å². The maximum atomic E-state index is 11.8. The van der Waals surface area contributed by atoms with Crippen molar-refractivity contribution in [3.8, 4) is 0 Å². The van der Waals surface area contributed by atoms with E-state index in [4.69, 9.17) is 5.73 Å². The third-order valence-electron chi connectivity index (χ3n) is 2.45. The number of hydrogen-bond acceptors (Lipinski definition) is 2. The third kappa shape index (κ3) is 6.17. The summed E-state index contributed by atoms with van der Waals surface area (Å²) in [6, 6.07) is 7.41. The molecule has 0 aliphatic heterocycles. The van der Waals surface area contributed by atoms with Crippen LogP contribution in [0, 0.1) is 5.41 Å². The van der Waals surface area contributed by atoms with Crippen molar-refractivity contribution in [3.05, 3.63) is 28.7 Å². The molecule has 3 N–H and O–H groups in total. The Labute approximate surface area is 117 Å². The van der Waals surface area contributed by atoms with E-state index >= 15 is 0 Å². The van der Waals surface area contributed by atoms with Crippen LogP contribution in [0.2, 0.25) is 0 Å². The number of rotatable bonds is 4. The van der Waals surface area contributed by atoms with E-state index in [9.17, 15) is 4.79 Å². The summed E-state index contributed by atoms with van der Waals surface area (Å²) in [6.45, 7) is 6.37. The molecule has 1 rings (SSSR count). The minimum atomic E-state index is -0.0968. The van der Waals surface area contributed by atoms with E-state index in [-0.39, 0.29) is 17.4 Å². The molecule has 3 nitrogen and oxygen atoms in total. The summed E-state index contributed by atoms with van der Waals surface area (Å²) in [4.78, 5) is 11.8.